The Labute approximate surface area is 90.4 Å². The van der Waals surface area contributed by atoms with Crippen molar-refractivity contribution in [3.05, 3.63) is 20.8 Å². The molecule has 1 aromatic heterocycles. The molecular formula is C9H12BrNOS. The zero-order valence-corrected chi connectivity index (χ0v) is 9.87. The first-order valence-electron chi connectivity index (χ1n) is 4.23. The van der Waals surface area contributed by atoms with E-state index in [1.165, 1.54) is 9.35 Å². The molecule has 0 saturated carbocycles. The molecule has 1 aromatic rings. The van der Waals surface area contributed by atoms with Gasteiger partial charge in [0, 0.05) is 41.4 Å². The fourth-order valence-electron chi connectivity index (χ4n) is 1.51. The van der Waals surface area contributed by atoms with E-state index in [9.17, 15) is 0 Å². The zero-order valence-electron chi connectivity index (χ0n) is 7.47. The molecule has 2 rings (SSSR count). The average Bonchev–Trinajstić information content (AvgIpc) is 2.44. The second-order valence-electron chi connectivity index (χ2n) is 3.40. The Bertz CT molecular complexity index is 290. The third-order valence-corrected chi connectivity index (χ3v) is 4.14. The van der Waals surface area contributed by atoms with E-state index in [1.807, 2.05) is 0 Å². The van der Waals surface area contributed by atoms with Gasteiger partial charge in [-0.05, 0) is 22.0 Å². The number of thiophene rings is 1. The Morgan fingerprint density at radius 2 is 2.46 bits per heavy atom. The number of halogens is 1. The molecule has 0 bridgehead atoms. The van der Waals surface area contributed by atoms with Crippen LogP contribution in [0.4, 0.5) is 0 Å². The normalized spacial score (nSPS) is 19.8. The van der Waals surface area contributed by atoms with Crippen LogP contribution in [-0.4, -0.2) is 25.8 Å². The fraction of sp³-hybridized carbons (Fsp3) is 0.556. The summed E-state index contributed by atoms with van der Waals surface area (Å²) >= 11 is 5.24. The third-order valence-electron chi connectivity index (χ3n) is 2.45. The summed E-state index contributed by atoms with van der Waals surface area (Å²) in [5, 5.41) is 5.36. The van der Waals surface area contributed by atoms with E-state index < -0.39 is 0 Å². The van der Waals surface area contributed by atoms with Crippen molar-refractivity contribution >= 4 is 27.3 Å². The quantitative estimate of drug-likeness (QED) is 0.900. The molecule has 1 aliphatic heterocycles. The lowest BCUT2D eigenvalue weighted by Crippen LogP contribution is -2.61. The van der Waals surface area contributed by atoms with Crippen molar-refractivity contribution in [3.63, 3.8) is 0 Å². The molecule has 0 aromatic carbocycles. The van der Waals surface area contributed by atoms with Crippen LogP contribution in [0.5, 0.6) is 0 Å². The largest absolute Gasteiger partial charge is 0.375 e. The first-order valence-corrected chi connectivity index (χ1v) is 5.90. The first-order chi connectivity index (χ1) is 6.24. The maximum Gasteiger partial charge on any atom is 0.0973 e. The smallest absolute Gasteiger partial charge is 0.0973 e. The molecule has 2 heterocycles. The van der Waals surface area contributed by atoms with Crippen molar-refractivity contribution in [1.82, 2.24) is 5.32 Å². The average molecular weight is 262 g/mol. The highest BCUT2D eigenvalue weighted by Gasteiger charge is 2.37. The Hall–Kier alpha value is 0.1000. The van der Waals surface area contributed by atoms with Gasteiger partial charge in [-0.1, -0.05) is 0 Å². The molecule has 1 aliphatic rings. The van der Waals surface area contributed by atoms with Crippen molar-refractivity contribution < 1.29 is 4.74 Å². The van der Waals surface area contributed by atoms with Crippen LogP contribution in [0.2, 0.25) is 0 Å². The van der Waals surface area contributed by atoms with Gasteiger partial charge in [0.15, 0.2) is 0 Å². The summed E-state index contributed by atoms with van der Waals surface area (Å²) in [6.07, 6.45) is 1.02. The highest BCUT2D eigenvalue weighted by molar-refractivity contribution is 9.10. The topological polar surface area (TPSA) is 21.3 Å². The minimum absolute atomic E-state index is 0.0598. The number of hydrogen-bond donors (Lipinski definition) is 1. The lowest BCUT2D eigenvalue weighted by atomic mass is 9.92. The number of methoxy groups -OCH3 is 1. The minimum atomic E-state index is 0.0598. The van der Waals surface area contributed by atoms with Crippen molar-refractivity contribution in [1.29, 1.82) is 0 Å². The molecule has 4 heteroatoms. The highest BCUT2D eigenvalue weighted by atomic mass is 79.9. The van der Waals surface area contributed by atoms with Gasteiger partial charge in [-0.25, -0.2) is 0 Å². The van der Waals surface area contributed by atoms with E-state index in [2.05, 4.69) is 32.7 Å². The van der Waals surface area contributed by atoms with Crippen molar-refractivity contribution in [2.75, 3.05) is 20.2 Å². The summed E-state index contributed by atoms with van der Waals surface area (Å²) in [7, 11) is 1.80. The Morgan fingerprint density at radius 3 is 2.85 bits per heavy atom. The Kier molecular flexibility index (Phi) is 2.74. The summed E-state index contributed by atoms with van der Waals surface area (Å²) in [4.78, 5) is 1.38. The number of ether oxygens (including phenoxy) is 1. The van der Waals surface area contributed by atoms with Crippen molar-refractivity contribution in [2.24, 2.45) is 0 Å². The van der Waals surface area contributed by atoms with Crippen molar-refractivity contribution in [3.8, 4) is 0 Å². The van der Waals surface area contributed by atoms with Crippen LogP contribution in [0.25, 0.3) is 0 Å². The van der Waals surface area contributed by atoms with Gasteiger partial charge >= 0.3 is 0 Å². The van der Waals surface area contributed by atoms with Gasteiger partial charge in [0.05, 0.1) is 5.60 Å². The molecule has 0 radical (unpaired) electrons. The molecule has 2 nitrogen and oxygen atoms in total. The molecule has 0 amide bonds. The standard InChI is InChI=1S/C9H12BrNOS/c1-12-9(5-11-6-9)3-8-2-7(10)4-13-8/h2,4,11H,3,5-6H2,1H3. The van der Waals surface area contributed by atoms with E-state index in [1.54, 1.807) is 18.4 Å². The Morgan fingerprint density at radius 1 is 1.69 bits per heavy atom. The van der Waals surface area contributed by atoms with Crippen LogP contribution in [-0.2, 0) is 11.2 Å². The van der Waals surface area contributed by atoms with Gasteiger partial charge in [0.2, 0.25) is 0 Å². The van der Waals surface area contributed by atoms with E-state index in [0.29, 0.717) is 0 Å². The van der Waals surface area contributed by atoms with Gasteiger partial charge in [-0.2, -0.15) is 0 Å². The summed E-state index contributed by atoms with van der Waals surface area (Å²) in [6, 6.07) is 2.17. The molecular weight excluding hydrogens is 250 g/mol. The van der Waals surface area contributed by atoms with E-state index in [-0.39, 0.29) is 5.60 Å². The van der Waals surface area contributed by atoms with Gasteiger partial charge < -0.3 is 10.1 Å². The molecule has 1 N–H and O–H groups in total. The van der Waals surface area contributed by atoms with Gasteiger partial charge in [0.1, 0.15) is 0 Å². The van der Waals surface area contributed by atoms with Crippen LogP contribution >= 0.6 is 27.3 Å². The molecule has 72 valence electrons. The maximum atomic E-state index is 5.52. The van der Waals surface area contributed by atoms with E-state index in [4.69, 9.17) is 4.74 Å². The Balaban J connectivity index is 2.04. The fourth-order valence-corrected chi connectivity index (χ4v) is 3.09. The summed E-state index contributed by atoms with van der Waals surface area (Å²) in [5.41, 5.74) is 0.0598. The molecule has 13 heavy (non-hydrogen) atoms. The predicted octanol–water partition coefficient (Wildman–Crippen LogP) is 2.04. The number of hydrogen-bond acceptors (Lipinski definition) is 3. The molecule has 0 unspecified atom stereocenters. The minimum Gasteiger partial charge on any atom is -0.375 e. The predicted molar refractivity (Wildman–Crippen MR) is 58.3 cm³/mol. The molecule has 1 saturated heterocycles. The summed E-state index contributed by atoms with van der Waals surface area (Å²) in [5.74, 6) is 0. The number of rotatable bonds is 3. The van der Waals surface area contributed by atoms with Crippen LogP contribution in [0.3, 0.4) is 0 Å². The summed E-state index contributed by atoms with van der Waals surface area (Å²) < 4.78 is 6.69. The van der Waals surface area contributed by atoms with Crippen LogP contribution < -0.4 is 5.32 Å². The van der Waals surface area contributed by atoms with E-state index in [0.717, 1.165) is 19.5 Å². The molecule has 0 atom stereocenters. The second kappa shape index (κ2) is 3.69. The van der Waals surface area contributed by atoms with Crippen LogP contribution in [0, 0.1) is 0 Å². The second-order valence-corrected chi connectivity index (χ2v) is 5.31. The lowest BCUT2D eigenvalue weighted by molar-refractivity contribution is -0.0496. The summed E-state index contributed by atoms with van der Waals surface area (Å²) in [6.45, 7) is 1.94. The van der Waals surface area contributed by atoms with E-state index >= 15 is 0 Å². The highest BCUT2D eigenvalue weighted by Crippen LogP contribution is 2.27. The van der Waals surface area contributed by atoms with Crippen LogP contribution in [0.15, 0.2) is 15.9 Å². The first kappa shape index (κ1) is 9.65. The SMILES string of the molecule is COC1(Cc2cc(Br)cs2)CNC1. The third kappa shape index (κ3) is 1.96. The van der Waals surface area contributed by atoms with Crippen LogP contribution in [0.1, 0.15) is 4.88 Å². The van der Waals surface area contributed by atoms with Gasteiger partial charge in [-0.3, -0.25) is 0 Å². The molecule has 0 spiro atoms. The molecule has 1 fully saturated rings. The zero-order chi connectivity index (χ0) is 9.31. The number of nitrogens with one attached hydrogen (secondary N) is 1. The lowest BCUT2D eigenvalue weighted by Gasteiger charge is -2.41. The van der Waals surface area contributed by atoms with Crippen molar-refractivity contribution in [2.45, 2.75) is 12.0 Å². The maximum absolute atomic E-state index is 5.52. The molecule has 0 aliphatic carbocycles. The van der Waals surface area contributed by atoms with Gasteiger partial charge in [-0.15, -0.1) is 11.3 Å². The monoisotopic (exact) mass is 261 g/mol. The van der Waals surface area contributed by atoms with Gasteiger partial charge in [0.25, 0.3) is 0 Å².